The number of H-pyrrole nitrogens is 1. The highest BCUT2D eigenvalue weighted by molar-refractivity contribution is 6.42. The fraction of sp³-hybridized carbons (Fsp3) is 0.200. The van der Waals surface area contributed by atoms with E-state index in [0.29, 0.717) is 21.4 Å². The summed E-state index contributed by atoms with van der Waals surface area (Å²) >= 11 is 12.5. The van der Waals surface area contributed by atoms with E-state index in [2.05, 4.69) is 15.5 Å². The summed E-state index contributed by atoms with van der Waals surface area (Å²) in [5.74, 6) is 0.0107. The van der Waals surface area contributed by atoms with Gasteiger partial charge in [-0.15, -0.1) is 0 Å². The number of nitrogens with zero attached hydrogens (tertiary/aromatic N) is 1. The fourth-order valence-electron chi connectivity index (χ4n) is 3.04. The van der Waals surface area contributed by atoms with Gasteiger partial charge in [-0.3, -0.25) is 5.10 Å². The minimum absolute atomic E-state index is 0.216. The van der Waals surface area contributed by atoms with Crippen molar-refractivity contribution in [2.45, 2.75) is 12.8 Å². The molecule has 0 spiro atoms. The van der Waals surface area contributed by atoms with Crippen LogP contribution in [0.2, 0.25) is 10.0 Å². The summed E-state index contributed by atoms with van der Waals surface area (Å²) in [7, 11) is 0. The van der Waals surface area contributed by atoms with Crippen LogP contribution in [-0.2, 0) is 9.53 Å². The molecule has 2 aliphatic rings. The third-order valence-electron chi connectivity index (χ3n) is 4.03. The number of carbonyl (C=O) groups is 1. The van der Waals surface area contributed by atoms with E-state index in [1.165, 1.54) is 0 Å². The Morgan fingerprint density at radius 1 is 1.36 bits per heavy atom. The molecule has 1 atom stereocenters. The molecule has 0 amide bonds. The lowest BCUT2D eigenvalue weighted by molar-refractivity contribution is -0.136. The molecule has 7 heteroatoms. The lowest BCUT2D eigenvalue weighted by Crippen LogP contribution is -2.20. The fourth-order valence-corrected chi connectivity index (χ4v) is 3.46. The van der Waals surface area contributed by atoms with Crippen molar-refractivity contribution in [3.8, 4) is 0 Å². The van der Waals surface area contributed by atoms with Gasteiger partial charge >= 0.3 is 5.97 Å². The summed E-state index contributed by atoms with van der Waals surface area (Å²) in [5, 5.41) is 11.3. The first kappa shape index (κ1) is 13.7. The van der Waals surface area contributed by atoms with Crippen LogP contribution in [0.5, 0.6) is 0 Å². The molecular formula is C15H11Cl2N3O2. The van der Waals surface area contributed by atoms with Crippen LogP contribution < -0.4 is 5.32 Å². The Kier molecular flexibility index (Phi) is 2.96. The molecule has 22 heavy (non-hydrogen) atoms. The lowest BCUT2D eigenvalue weighted by atomic mass is 9.82. The van der Waals surface area contributed by atoms with Crippen LogP contribution in [0.3, 0.4) is 0 Å². The summed E-state index contributed by atoms with van der Waals surface area (Å²) in [5.41, 5.74) is 3.83. The van der Waals surface area contributed by atoms with Crippen LogP contribution in [0.1, 0.15) is 22.7 Å². The minimum Gasteiger partial charge on any atom is -0.456 e. The zero-order valence-corrected chi connectivity index (χ0v) is 13.0. The van der Waals surface area contributed by atoms with Crippen LogP contribution in [0, 0.1) is 6.92 Å². The van der Waals surface area contributed by atoms with Gasteiger partial charge in [-0.05, 0) is 18.6 Å². The number of benzene rings is 1. The van der Waals surface area contributed by atoms with E-state index in [9.17, 15) is 4.79 Å². The van der Waals surface area contributed by atoms with Crippen molar-refractivity contribution in [2.75, 3.05) is 11.9 Å². The molecule has 0 aliphatic carbocycles. The number of ether oxygens (including phenoxy) is 1. The van der Waals surface area contributed by atoms with E-state index in [-0.39, 0.29) is 18.5 Å². The molecule has 0 bridgehead atoms. The van der Waals surface area contributed by atoms with Crippen LogP contribution in [-0.4, -0.2) is 22.8 Å². The van der Waals surface area contributed by atoms with Gasteiger partial charge in [0.05, 0.1) is 27.2 Å². The molecule has 2 aliphatic heterocycles. The predicted octanol–water partition coefficient (Wildman–Crippen LogP) is 3.39. The molecule has 2 aromatic rings. The number of esters is 1. The van der Waals surface area contributed by atoms with Gasteiger partial charge in [0.2, 0.25) is 0 Å². The molecule has 5 nitrogen and oxygen atoms in total. The number of carbonyl (C=O) groups excluding carboxylic acids is 1. The maximum Gasteiger partial charge on any atom is 0.337 e. The summed E-state index contributed by atoms with van der Waals surface area (Å²) in [6, 6.07) is 5.41. The number of hydrogen-bond donors (Lipinski definition) is 2. The van der Waals surface area contributed by atoms with Gasteiger partial charge in [0.1, 0.15) is 6.61 Å². The number of anilines is 1. The second kappa shape index (κ2) is 4.76. The van der Waals surface area contributed by atoms with Crippen molar-refractivity contribution in [1.29, 1.82) is 0 Å². The van der Waals surface area contributed by atoms with E-state index in [4.69, 9.17) is 27.9 Å². The predicted molar refractivity (Wildman–Crippen MR) is 83.2 cm³/mol. The molecule has 112 valence electrons. The van der Waals surface area contributed by atoms with Crippen LogP contribution in [0.25, 0.3) is 0 Å². The van der Waals surface area contributed by atoms with Crippen LogP contribution in [0.4, 0.5) is 5.82 Å². The number of cyclic esters (lactones) is 1. The lowest BCUT2D eigenvalue weighted by Gasteiger charge is -2.25. The molecule has 0 unspecified atom stereocenters. The Bertz CT molecular complexity index is 841. The number of nitrogens with one attached hydrogen (secondary N) is 2. The normalized spacial score (nSPS) is 19.6. The standard InChI is InChI=1S/C15H11Cl2N3O2/c1-6-10-11(7-3-2-4-8(16)13(7)17)12-9(5-22-15(12)21)18-14(10)20-19-6/h2-4,11H,5H2,1H3,(H2,18,19,20)/t11-/m1/s1. The summed E-state index contributed by atoms with van der Waals surface area (Å²) in [4.78, 5) is 12.2. The molecule has 4 rings (SSSR count). The third-order valence-corrected chi connectivity index (χ3v) is 4.86. The van der Waals surface area contributed by atoms with E-state index in [1.54, 1.807) is 6.07 Å². The van der Waals surface area contributed by atoms with Crippen molar-refractivity contribution < 1.29 is 9.53 Å². The number of aromatic nitrogens is 2. The Hall–Kier alpha value is -1.98. The van der Waals surface area contributed by atoms with Gasteiger partial charge in [-0.25, -0.2) is 4.79 Å². The molecule has 0 fully saturated rings. The molecule has 1 aromatic carbocycles. The number of halogens is 2. The van der Waals surface area contributed by atoms with Crippen molar-refractivity contribution in [2.24, 2.45) is 0 Å². The van der Waals surface area contributed by atoms with Crippen LogP contribution >= 0.6 is 23.2 Å². The SMILES string of the molecule is Cc1[nH]nc2c1[C@@H](c1cccc(Cl)c1Cl)C1=C(COC1=O)N2. The third kappa shape index (κ3) is 1.79. The topological polar surface area (TPSA) is 67.0 Å². The molecule has 3 heterocycles. The van der Waals surface area contributed by atoms with Gasteiger partial charge in [0.15, 0.2) is 5.82 Å². The number of rotatable bonds is 1. The number of aromatic amines is 1. The van der Waals surface area contributed by atoms with Gasteiger partial charge in [-0.2, -0.15) is 5.10 Å². The van der Waals surface area contributed by atoms with Crippen molar-refractivity contribution in [3.05, 3.63) is 56.3 Å². The minimum atomic E-state index is -0.341. The highest BCUT2D eigenvalue weighted by atomic mass is 35.5. The van der Waals surface area contributed by atoms with Crippen molar-refractivity contribution >= 4 is 35.0 Å². The average molecular weight is 336 g/mol. The summed E-state index contributed by atoms with van der Waals surface area (Å²) in [6.07, 6.45) is 0. The summed E-state index contributed by atoms with van der Waals surface area (Å²) < 4.78 is 5.17. The zero-order chi connectivity index (χ0) is 15.4. The zero-order valence-electron chi connectivity index (χ0n) is 11.5. The van der Waals surface area contributed by atoms with Crippen molar-refractivity contribution in [1.82, 2.24) is 10.2 Å². The number of fused-ring (bicyclic) bond motifs is 1. The average Bonchev–Trinajstić information content (AvgIpc) is 3.05. The molecule has 0 radical (unpaired) electrons. The monoisotopic (exact) mass is 335 g/mol. The largest absolute Gasteiger partial charge is 0.456 e. The van der Waals surface area contributed by atoms with E-state index >= 15 is 0 Å². The Balaban J connectivity index is 2.00. The second-order valence-electron chi connectivity index (χ2n) is 5.28. The van der Waals surface area contributed by atoms with Crippen LogP contribution in [0.15, 0.2) is 29.5 Å². The Morgan fingerprint density at radius 3 is 3.00 bits per heavy atom. The van der Waals surface area contributed by atoms with Gasteiger partial charge < -0.3 is 10.1 Å². The maximum absolute atomic E-state index is 12.2. The first-order valence-corrected chi connectivity index (χ1v) is 7.49. The molecule has 0 saturated heterocycles. The van der Waals surface area contributed by atoms with Crippen molar-refractivity contribution in [3.63, 3.8) is 0 Å². The maximum atomic E-state index is 12.2. The molecular weight excluding hydrogens is 325 g/mol. The van der Waals surface area contributed by atoms with Gasteiger partial charge in [0, 0.05) is 11.3 Å². The summed E-state index contributed by atoms with van der Waals surface area (Å²) in [6.45, 7) is 2.12. The highest BCUT2D eigenvalue weighted by Gasteiger charge is 2.41. The molecule has 0 saturated carbocycles. The van der Waals surface area contributed by atoms with E-state index in [0.717, 1.165) is 22.5 Å². The first-order valence-electron chi connectivity index (χ1n) is 6.74. The van der Waals surface area contributed by atoms with Gasteiger partial charge in [-0.1, -0.05) is 35.3 Å². The van der Waals surface area contributed by atoms with E-state index < -0.39 is 0 Å². The Morgan fingerprint density at radius 2 is 2.18 bits per heavy atom. The Labute approximate surface area is 136 Å². The van der Waals surface area contributed by atoms with E-state index in [1.807, 2.05) is 19.1 Å². The smallest absolute Gasteiger partial charge is 0.337 e. The molecule has 1 aromatic heterocycles. The highest BCUT2D eigenvalue weighted by Crippen LogP contribution is 2.47. The quantitative estimate of drug-likeness (QED) is 0.784. The molecule has 2 N–H and O–H groups in total. The second-order valence-corrected chi connectivity index (χ2v) is 6.07. The first-order chi connectivity index (χ1) is 10.6. The number of hydrogen-bond acceptors (Lipinski definition) is 4. The van der Waals surface area contributed by atoms with Gasteiger partial charge in [0.25, 0.3) is 0 Å². The number of aryl methyl sites for hydroxylation is 1.